The largest absolute Gasteiger partial charge is 0.379 e. The highest BCUT2D eigenvalue weighted by Crippen LogP contribution is 2.38. The van der Waals surface area contributed by atoms with Crippen LogP contribution in [0.3, 0.4) is 0 Å². The molecular weight excluding hydrogens is 238 g/mol. The minimum atomic E-state index is 0.0676. The summed E-state index contributed by atoms with van der Waals surface area (Å²) in [6.45, 7) is 6.49. The Hall–Kier alpha value is -0.900. The molecule has 1 aromatic rings. The van der Waals surface area contributed by atoms with Crippen LogP contribution in [0.1, 0.15) is 24.5 Å². The van der Waals surface area contributed by atoms with Gasteiger partial charge in [0.2, 0.25) is 0 Å². The van der Waals surface area contributed by atoms with E-state index in [9.17, 15) is 0 Å². The first-order valence-electron chi connectivity index (χ1n) is 7.34. The summed E-state index contributed by atoms with van der Waals surface area (Å²) >= 11 is 0. The first-order valence-corrected chi connectivity index (χ1v) is 7.34. The zero-order valence-corrected chi connectivity index (χ0v) is 11.7. The van der Waals surface area contributed by atoms with Crippen LogP contribution >= 0.6 is 0 Å². The first-order chi connectivity index (χ1) is 9.35. The zero-order valence-electron chi connectivity index (χ0n) is 11.7. The van der Waals surface area contributed by atoms with E-state index < -0.39 is 0 Å². The zero-order chi connectivity index (χ0) is 13.1. The Labute approximate surface area is 115 Å². The van der Waals surface area contributed by atoms with Crippen LogP contribution in [-0.4, -0.2) is 39.0 Å². The second-order valence-corrected chi connectivity index (χ2v) is 5.66. The Morgan fingerprint density at radius 3 is 2.58 bits per heavy atom. The monoisotopic (exact) mass is 261 g/mol. The summed E-state index contributed by atoms with van der Waals surface area (Å²) in [5.74, 6) is 0. The van der Waals surface area contributed by atoms with Gasteiger partial charge in [-0.2, -0.15) is 0 Å². The van der Waals surface area contributed by atoms with Gasteiger partial charge in [-0.1, -0.05) is 37.6 Å². The van der Waals surface area contributed by atoms with Gasteiger partial charge in [0, 0.05) is 13.1 Å². The summed E-state index contributed by atoms with van der Waals surface area (Å²) in [5.41, 5.74) is 2.86. The van der Waals surface area contributed by atoms with Crippen LogP contribution in [0.15, 0.2) is 24.3 Å². The highest BCUT2D eigenvalue weighted by molar-refractivity contribution is 5.33. The van der Waals surface area contributed by atoms with Crippen molar-refractivity contribution in [3.8, 4) is 0 Å². The molecule has 2 saturated heterocycles. The maximum absolute atomic E-state index is 5.97. The molecule has 3 heteroatoms. The van der Waals surface area contributed by atoms with E-state index in [1.807, 2.05) is 0 Å². The molecule has 2 aliphatic rings. The van der Waals surface area contributed by atoms with Gasteiger partial charge >= 0.3 is 0 Å². The van der Waals surface area contributed by atoms with E-state index in [0.29, 0.717) is 0 Å². The van der Waals surface area contributed by atoms with E-state index in [4.69, 9.17) is 9.47 Å². The molecule has 3 nitrogen and oxygen atoms in total. The molecule has 2 heterocycles. The summed E-state index contributed by atoms with van der Waals surface area (Å²) in [5, 5.41) is 3.43. The van der Waals surface area contributed by atoms with Gasteiger partial charge in [-0.15, -0.1) is 0 Å². The number of rotatable bonds is 4. The van der Waals surface area contributed by atoms with Crippen molar-refractivity contribution in [3.63, 3.8) is 0 Å². The second-order valence-electron chi connectivity index (χ2n) is 5.66. The molecule has 19 heavy (non-hydrogen) atoms. The van der Waals surface area contributed by atoms with E-state index in [1.165, 1.54) is 17.5 Å². The van der Waals surface area contributed by atoms with Gasteiger partial charge in [0.15, 0.2) is 0 Å². The number of nitrogens with one attached hydrogen (secondary N) is 1. The fraction of sp³-hybridized carbons (Fsp3) is 0.625. The molecule has 2 aliphatic heterocycles. The molecule has 0 saturated carbocycles. The molecule has 1 atom stereocenters. The van der Waals surface area contributed by atoms with Crippen molar-refractivity contribution in [2.75, 3.05) is 32.9 Å². The summed E-state index contributed by atoms with van der Waals surface area (Å²) < 4.78 is 11.5. The maximum Gasteiger partial charge on any atom is 0.0841 e. The molecule has 0 radical (unpaired) electrons. The van der Waals surface area contributed by atoms with Crippen molar-refractivity contribution in [3.05, 3.63) is 35.4 Å². The number of aryl methyl sites for hydroxylation is 1. The summed E-state index contributed by atoms with van der Waals surface area (Å²) in [4.78, 5) is 0. The van der Waals surface area contributed by atoms with E-state index in [2.05, 4.69) is 36.5 Å². The van der Waals surface area contributed by atoms with Crippen LogP contribution in [0.4, 0.5) is 0 Å². The molecule has 2 fully saturated rings. The standard InChI is InChI=1S/C16H23NO2/c1-2-3-13-4-6-14(7-5-13)16(11-18-12-16)15-10-17-8-9-19-15/h4-7,15,17H,2-3,8-12H2,1H3. The van der Waals surface area contributed by atoms with Crippen molar-refractivity contribution in [2.45, 2.75) is 31.3 Å². The number of ether oxygens (including phenoxy) is 2. The summed E-state index contributed by atoms with van der Waals surface area (Å²) in [6.07, 6.45) is 2.60. The molecule has 3 rings (SSSR count). The van der Waals surface area contributed by atoms with Gasteiger partial charge in [0.25, 0.3) is 0 Å². The van der Waals surface area contributed by atoms with E-state index in [1.54, 1.807) is 0 Å². The fourth-order valence-electron chi connectivity index (χ4n) is 3.07. The Balaban J connectivity index is 1.80. The Morgan fingerprint density at radius 1 is 1.26 bits per heavy atom. The van der Waals surface area contributed by atoms with E-state index in [0.717, 1.165) is 39.3 Å². The predicted molar refractivity (Wildman–Crippen MR) is 75.5 cm³/mol. The number of hydrogen-bond donors (Lipinski definition) is 1. The van der Waals surface area contributed by atoms with Gasteiger partial charge in [-0.3, -0.25) is 0 Å². The lowest BCUT2D eigenvalue weighted by molar-refractivity contribution is -0.146. The van der Waals surface area contributed by atoms with Crippen molar-refractivity contribution >= 4 is 0 Å². The highest BCUT2D eigenvalue weighted by atomic mass is 16.5. The molecule has 1 unspecified atom stereocenters. The van der Waals surface area contributed by atoms with E-state index >= 15 is 0 Å². The molecule has 0 spiro atoms. The Morgan fingerprint density at radius 2 is 2.05 bits per heavy atom. The second kappa shape index (κ2) is 5.61. The van der Waals surface area contributed by atoms with Gasteiger partial charge < -0.3 is 14.8 Å². The third-order valence-electron chi connectivity index (χ3n) is 4.33. The van der Waals surface area contributed by atoms with Crippen molar-refractivity contribution in [2.24, 2.45) is 0 Å². The topological polar surface area (TPSA) is 30.5 Å². The molecule has 0 amide bonds. The molecule has 104 valence electrons. The summed E-state index contributed by atoms with van der Waals surface area (Å²) in [7, 11) is 0. The third kappa shape index (κ3) is 2.42. The maximum atomic E-state index is 5.97. The van der Waals surface area contributed by atoms with Crippen LogP contribution in [0.5, 0.6) is 0 Å². The number of benzene rings is 1. The van der Waals surface area contributed by atoms with Crippen molar-refractivity contribution in [1.29, 1.82) is 0 Å². The van der Waals surface area contributed by atoms with Crippen LogP contribution in [0.2, 0.25) is 0 Å². The van der Waals surface area contributed by atoms with Gasteiger partial charge in [-0.25, -0.2) is 0 Å². The molecule has 1 aromatic carbocycles. The number of morpholine rings is 1. The normalized spacial score (nSPS) is 25.8. The van der Waals surface area contributed by atoms with Gasteiger partial charge in [0.05, 0.1) is 31.3 Å². The summed E-state index contributed by atoms with van der Waals surface area (Å²) in [6, 6.07) is 9.06. The smallest absolute Gasteiger partial charge is 0.0841 e. The lowest BCUT2D eigenvalue weighted by atomic mass is 9.73. The molecule has 0 aromatic heterocycles. The third-order valence-corrected chi connectivity index (χ3v) is 4.33. The molecule has 0 bridgehead atoms. The predicted octanol–water partition coefficient (Wildman–Crippen LogP) is 1.90. The van der Waals surface area contributed by atoms with Gasteiger partial charge in [0.1, 0.15) is 0 Å². The van der Waals surface area contributed by atoms with Gasteiger partial charge in [-0.05, 0) is 17.5 Å². The van der Waals surface area contributed by atoms with Crippen LogP contribution in [-0.2, 0) is 21.3 Å². The molecule has 1 N–H and O–H groups in total. The lowest BCUT2D eigenvalue weighted by Gasteiger charge is -2.48. The fourth-order valence-corrected chi connectivity index (χ4v) is 3.07. The minimum Gasteiger partial charge on any atom is -0.379 e. The van der Waals surface area contributed by atoms with Crippen molar-refractivity contribution in [1.82, 2.24) is 5.32 Å². The van der Waals surface area contributed by atoms with Crippen molar-refractivity contribution < 1.29 is 9.47 Å². The Kier molecular flexibility index (Phi) is 3.87. The molecular formula is C16H23NO2. The molecule has 0 aliphatic carbocycles. The highest BCUT2D eigenvalue weighted by Gasteiger charge is 2.48. The van der Waals surface area contributed by atoms with Crippen LogP contribution in [0, 0.1) is 0 Å². The lowest BCUT2D eigenvalue weighted by Crippen LogP contribution is -2.61. The average Bonchev–Trinajstić information content (AvgIpc) is 2.41. The van der Waals surface area contributed by atoms with E-state index in [-0.39, 0.29) is 11.5 Å². The number of hydrogen-bond acceptors (Lipinski definition) is 3. The Bertz CT molecular complexity index is 405. The quantitative estimate of drug-likeness (QED) is 0.898. The first kappa shape index (κ1) is 13.1. The average molecular weight is 261 g/mol. The minimum absolute atomic E-state index is 0.0676. The van der Waals surface area contributed by atoms with Crippen LogP contribution < -0.4 is 5.32 Å². The van der Waals surface area contributed by atoms with Crippen LogP contribution in [0.25, 0.3) is 0 Å². The SMILES string of the molecule is CCCc1ccc(C2(C3CNCCO3)COC2)cc1.